The maximum Gasteiger partial charge on any atom is 0.270 e. The third kappa shape index (κ3) is 1.82. The van der Waals surface area contributed by atoms with Gasteiger partial charge in [-0.15, -0.1) is 0 Å². The summed E-state index contributed by atoms with van der Waals surface area (Å²) in [4.78, 5) is 0. The predicted octanol–water partition coefficient (Wildman–Crippen LogP) is 3.40. The molecule has 0 saturated heterocycles. The van der Waals surface area contributed by atoms with Crippen LogP contribution < -0.4 is 0 Å². The Balaban J connectivity index is 2.23. The number of rotatable bonds is 1. The predicted molar refractivity (Wildman–Crippen MR) is 52.4 cm³/mol. The van der Waals surface area contributed by atoms with E-state index in [4.69, 9.17) is 0 Å². The monoisotopic (exact) mass is 264 g/mol. The van der Waals surface area contributed by atoms with Gasteiger partial charge < -0.3 is 0 Å². The van der Waals surface area contributed by atoms with E-state index in [0.29, 0.717) is 12.8 Å². The summed E-state index contributed by atoms with van der Waals surface area (Å²) in [5.41, 5.74) is 0. The van der Waals surface area contributed by atoms with E-state index in [1.807, 2.05) is 0 Å². The summed E-state index contributed by atoms with van der Waals surface area (Å²) in [6.07, 6.45) is 5.13. The van der Waals surface area contributed by atoms with Gasteiger partial charge in [-0.2, -0.15) is 5.10 Å². The number of hydrogen-bond acceptors (Lipinski definition) is 1. The first-order valence-corrected chi connectivity index (χ1v) is 5.46. The first-order chi connectivity index (χ1) is 6.59. The maximum atomic E-state index is 13.5. The zero-order valence-corrected chi connectivity index (χ0v) is 9.17. The molecule has 1 saturated carbocycles. The normalized spacial score (nSPS) is 26.4. The summed E-state index contributed by atoms with van der Waals surface area (Å²) < 4.78 is 29.1. The molecule has 2 rings (SSSR count). The molecule has 0 radical (unpaired) electrons. The second kappa shape index (κ2) is 3.61. The van der Waals surface area contributed by atoms with Crippen LogP contribution in [0.15, 0.2) is 16.9 Å². The lowest BCUT2D eigenvalue weighted by molar-refractivity contribution is -0.0818. The van der Waals surface area contributed by atoms with Gasteiger partial charge in [0, 0.05) is 12.6 Å². The van der Waals surface area contributed by atoms with E-state index in [-0.39, 0.29) is 6.42 Å². The summed E-state index contributed by atoms with van der Waals surface area (Å²) in [5.74, 6) is -2.61. The molecule has 1 aromatic rings. The van der Waals surface area contributed by atoms with E-state index in [1.54, 1.807) is 12.4 Å². The highest BCUT2D eigenvalue weighted by molar-refractivity contribution is 9.10. The molecular formula is C9H11BrF2N2. The Morgan fingerprint density at radius 2 is 2.29 bits per heavy atom. The molecule has 1 heterocycles. The van der Waals surface area contributed by atoms with Crippen LogP contribution in [0, 0.1) is 0 Å². The van der Waals surface area contributed by atoms with Crippen molar-refractivity contribution >= 4 is 15.9 Å². The van der Waals surface area contributed by atoms with Gasteiger partial charge in [0.2, 0.25) is 0 Å². The lowest BCUT2D eigenvalue weighted by atomic mass is 9.92. The number of aromatic nitrogens is 2. The van der Waals surface area contributed by atoms with Crippen molar-refractivity contribution in [3.05, 3.63) is 16.9 Å². The van der Waals surface area contributed by atoms with Gasteiger partial charge in [-0.05, 0) is 28.8 Å². The van der Waals surface area contributed by atoms with Crippen LogP contribution >= 0.6 is 15.9 Å². The second-order valence-corrected chi connectivity index (χ2v) is 4.58. The van der Waals surface area contributed by atoms with Crippen LogP contribution in [0.25, 0.3) is 0 Å². The minimum absolute atomic E-state index is 0.0187. The summed E-state index contributed by atoms with van der Waals surface area (Å²) >= 11 is 3.21. The van der Waals surface area contributed by atoms with E-state index in [2.05, 4.69) is 21.0 Å². The van der Waals surface area contributed by atoms with Gasteiger partial charge in [0.1, 0.15) is 6.04 Å². The molecule has 1 atom stereocenters. The van der Waals surface area contributed by atoms with Gasteiger partial charge in [0.15, 0.2) is 0 Å². The Morgan fingerprint density at radius 3 is 2.86 bits per heavy atom. The highest BCUT2D eigenvalue weighted by Gasteiger charge is 2.42. The van der Waals surface area contributed by atoms with Crippen molar-refractivity contribution in [3.63, 3.8) is 0 Å². The molecule has 1 aliphatic rings. The minimum atomic E-state index is -2.61. The first-order valence-electron chi connectivity index (χ1n) is 4.67. The molecule has 0 aromatic carbocycles. The van der Waals surface area contributed by atoms with Gasteiger partial charge >= 0.3 is 0 Å². The van der Waals surface area contributed by atoms with E-state index >= 15 is 0 Å². The van der Waals surface area contributed by atoms with Gasteiger partial charge in [0.05, 0.1) is 10.7 Å². The Morgan fingerprint density at radius 1 is 1.50 bits per heavy atom. The average Bonchev–Trinajstić information content (AvgIpc) is 2.51. The first kappa shape index (κ1) is 10.1. The fourth-order valence-electron chi connectivity index (χ4n) is 1.89. The number of alkyl halides is 2. The molecule has 5 heteroatoms. The van der Waals surface area contributed by atoms with Crippen molar-refractivity contribution < 1.29 is 8.78 Å². The molecule has 14 heavy (non-hydrogen) atoms. The van der Waals surface area contributed by atoms with E-state index in [9.17, 15) is 8.78 Å². The topological polar surface area (TPSA) is 17.8 Å². The molecule has 78 valence electrons. The quantitative estimate of drug-likeness (QED) is 0.761. The smallest absolute Gasteiger partial charge is 0.262 e. The van der Waals surface area contributed by atoms with Crippen molar-refractivity contribution in [2.75, 3.05) is 0 Å². The molecule has 1 unspecified atom stereocenters. The van der Waals surface area contributed by atoms with E-state index in [1.165, 1.54) is 4.68 Å². The maximum absolute atomic E-state index is 13.5. The summed E-state index contributed by atoms with van der Waals surface area (Å²) in [6, 6.07) is -0.762. The largest absolute Gasteiger partial charge is 0.270 e. The molecule has 1 aliphatic carbocycles. The Labute approximate surface area is 89.4 Å². The fourth-order valence-corrected chi connectivity index (χ4v) is 2.19. The standard InChI is InChI=1S/C9H11BrF2N2/c10-7-5-13-14(6-7)8-3-1-2-4-9(8,11)12/h5-6,8H,1-4H2. The van der Waals surface area contributed by atoms with Crippen LogP contribution in [-0.2, 0) is 0 Å². The van der Waals surface area contributed by atoms with Gasteiger partial charge in [-0.1, -0.05) is 6.42 Å². The molecule has 0 amide bonds. The molecule has 0 spiro atoms. The van der Waals surface area contributed by atoms with Crippen LogP contribution in [0.1, 0.15) is 31.7 Å². The second-order valence-electron chi connectivity index (χ2n) is 3.66. The number of nitrogens with zero attached hydrogens (tertiary/aromatic N) is 2. The van der Waals surface area contributed by atoms with Gasteiger partial charge in [-0.25, -0.2) is 8.78 Å². The van der Waals surface area contributed by atoms with Crippen LogP contribution in [0.2, 0.25) is 0 Å². The Hall–Kier alpha value is -0.450. The molecule has 0 aliphatic heterocycles. The zero-order valence-electron chi connectivity index (χ0n) is 7.59. The SMILES string of the molecule is FC1(F)CCCCC1n1cc(Br)cn1. The summed E-state index contributed by atoms with van der Waals surface area (Å²) in [7, 11) is 0. The van der Waals surface area contributed by atoms with Gasteiger partial charge in [0.25, 0.3) is 5.92 Å². The molecule has 2 nitrogen and oxygen atoms in total. The van der Waals surface area contributed by atoms with Crippen LogP contribution in [0.4, 0.5) is 8.78 Å². The molecule has 0 bridgehead atoms. The lowest BCUT2D eigenvalue weighted by Crippen LogP contribution is -2.34. The van der Waals surface area contributed by atoms with Crippen molar-refractivity contribution in [1.82, 2.24) is 9.78 Å². The highest BCUT2D eigenvalue weighted by Crippen LogP contribution is 2.41. The zero-order chi connectivity index (χ0) is 10.2. The van der Waals surface area contributed by atoms with Crippen molar-refractivity contribution in [3.8, 4) is 0 Å². The lowest BCUT2D eigenvalue weighted by Gasteiger charge is -2.31. The fraction of sp³-hybridized carbons (Fsp3) is 0.667. The van der Waals surface area contributed by atoms with Crippen LogP contribution in [-0.4, -0.2) is 15.7 Å². The average molecular weight is 265 g/mol. The van der Waals surface area contributed by atoms with Crippen molar-refractivity contribution in [2.45, 2.75) is 37.6 Å². The Kier molecular flexibility index (Phi) is 2.60. The summed E-state index contributed by atoms with van der Waals surface area (Å²) in [6.45, 7) is 0. The highest BCUT2D eigenvalue weighted by atomic mass is 79.9. The van der Waals surface area contributed by atoms with Crippen molar-refractivity contribution in [1.29, 1.82) is 0 Å². The third-order valence-electron chi connectivity index (χ3n) is 2.61. The van der Waals surface area contributed by atoms with Crippen LogP contribution in [0.3, 0.4) is 0 Å². The van der Waals surface area contributed by atoms with E-state index < -0.39 is 12.0 Å². The molecule has 0 N–H and O–H groups in total. The van der Waals surface area contributed by atoms with Gasteiger partial charge in [-0.3, -0.25) is 4.68 Å². The number of hydrogen-bond donors (Lipinski definition) is 0. The van der Waals surface area contributed by atoms with E-state index in [0.717, 1.165) is 10.9 Å². The van der Waals surface area contributed by atoms with Crippen molar-refractivity contribution in [2.24, 2.45) is 0 Å². The Bertz CT molecular complexity index is 324. The minimum Gasteiger partial charge on any atom is -0.262 e. The summed E-state index contributed by atoms with van der Waals surface area (Å²) in [5, 5.41) is 3.92. The molecule has 1 aromatic heterocycles. The van der Waals surface area contributed by atoms with Crippen LogP contribution in [0.5, 0.6) is 0 Å². The third-order valence-corrected chi connectivity index (χ3v) is 3.02. The molecule has 1 fully saturated rings. The number of halogens is 3. The molecular weight excluding hydrogens is 254 g/mol.